The molecule has 110 valence electrons. The number of benzene rings is 1. The number of likely N-dealkylation sites (tertiary alicyclic amines) is 1. The Hall–Kier alpha value is -1.66. The molecule has 0 aromatic heterocycles. The molecular formula is C14H21N3O3. The second kappa shape index (κ2) is 6.67. The molecule has 6 heteroatoms. The van der Waals surface area contributed by atoms with Crippen LogP contribution in [0.2, 0.25) is 0 Å². The Kier molecular flexibility index (Phi) is 4.92. The highest BCUT2D eigenvalue weighted by Crippen LogP contribution is 2.30. The summed E-state index contributed by atoms with van der Waals surface area (Å²) in [5.41, 5.74) is 1.67. The fraction of sp³-hybridized carbons (Fsp3) is 0.571. The molecule has 0 aliphatic carbocycles. The smallest absolute Gasteiger partial charge is 0.292 e. The topological polar surface area (TPSA) is 78.6 Å². The molecule has 1 fully saturated rings. The summed E-state index contributed by atoms with van der Waals surface area (Å²) in [7, 11) is 1.71. The summed E-state index contributed by atoms with van der Waals surface area (Å²) in [5.74, 6) is 0.539. The molecule has 1 unspecified atom stereocenters. The van der Waals surface area contributed by atoms with Gasteiger partial charge in [-0.1, -0.05) is 12.1 Å². The van der Waals surface area contributed by atoms with E-state index in [0.717, 1.165) is 31.5 Å². The van der Waals surface area contributed by atoms with Gasteiger partial charge in [-0.15, -0.1) is 0 Å². The lowest BCUT2D eigenvalue weighted by Gasteiger charge is -2.18. The third-order valence-corrected chi connectivity index (χ3v) is 3.88. The van der Waals surface area contributed by atoms with Crippen LogP contribution in [-0.2, 0) is 6.54 Å². The third-order valence-electron chi connectivity index (χ3n) is 3.88. The molecule has 6 nitrogen and oxygen atoms in total. The molecule has 1 aromatic carbocycles. The minimum Gasteiger partial charge on any atom is -0.396 e. The third kappa shape index (κ3) is 3.26. The van der Waals surface area contributed by atoms with Crippen molar-refractivity contribution in [3.8, 4) is 0 Å². The highest BCUT2D eigenvalue weighted by molar-refractivity contribution is 5.66. The van der Waals surface area contributed by atoms with Crippen LogP contribution in [0.25, 0.3) is 0 Å². The molecule has 0 saturated carbocycles. The van der Waals surface area contributed by atoms with Gasteiger partial charge >= 0.3 is 0 Å². The highest BCUT2D eigenvalue weighted by atomic mass is 16.6. The number of nitro groups is 1. The molecule has 0 bridgehead atoms. The molecule has 1 atom stereocenters. The highest BCUT2D eigenvalue weighted by Gasteiger charge is 2.24. The molecule has 1 aliphatic rings. The number of para-hydroxylation sites is 1. The number of anilines is 1. The predicted octanol–water partition coefficient (Wildman–Crippen LogP) is 1.84. The second-order valence-corrected chi connectivity index (χ2v) is 5.22. The largest absolute Gasteiger partial charge is 0.396 e. The number of aliphatic hydroxyl groups excluding tert-OH is 1. The number of nitrogens with one attached hydrogen (secondary N) is 1. The van der Waals surface area contributed by atoms with Crippen LogP contribution in [0, 0.1) is 16.0 Å². The maximum Gasteiger partial charge on any atom is 0.292 e. The molecule has 1 saturated heterocycles. The number of hydrogen-bond acceptors (Lipinski definition) is 5. The lowest BCUT2D eigenvalue weighted by molar-refractivity contribution is -0.384. The normalized spacial score (nSPS) is 19.2. The molecule has 0 amide bonds. The number of hydrogen-bond donors (Lipinski definition) is 2. The second-order valence-electron chi connectivity index (χ2n) is 5.22. The molecule has 20 heavy (non-hydrogen) atoms. The van der Waals surface area contributed by atoms with E-state index in [9.17, 15) is 10.1 Å². The van der Waals surface area contributed by atoms with Crippen molar-refractivity contribution in [2.75, 3.05) is 32.1 Å². The van der Waals surface area contributed by atoms with Crippen LogP contribution in [0.1, 0.15) is 18.4 Å². The van der Waals surface area contributed by atoms with E-state index in [-0.39, 0.29) is 17.2 Å². The zero-order valence-corrected chi connectivity index (χ0v) is 11.7. The van der Waals surface area contributed by atoms with Gasteiger partial charge in [-0.3, -0.25) is 15.0 Å². The Morgan fingerprint density at radius 1 is 1.55 bits per heavy atom. The zero-order chi connectivity index (χ0) is 14.5. The van der Waals surface area contributed by atoms with E-state index in [4.69, 9.17) is 5.11 Å². The number of aliphatic hydroxyl groups is 1. The van der Waals surface area contributed by atoms with Crippen molar-refractivity contribution < 1.29 is 10.0 Å². The summed E-state index contributed by atoms with van der Waals surface area (Å²) in [6, 6.07) is 5.18. The maximum atomic E-state index is 11.0. The Morgan fingerprint density at radius 2 is 2.35 bits per heavy atom. The fourth-order valence-corrected chi connectivity index (χ4v) is 2.87. The zero-order valence-electron chi connectivity index (χ0n) is 11.7. The van der Waals surface area contributed by atoms with Gasteiger partial charge in [-0.2, -0.15) is 0 Å². The Morgan fingerprint density at radius 3 is 3.00 bits per heavy atom. The molecule has 1 heterocycles. The first-order valence-electron chi connectivity index (χ1n) is 6.93. The first-order chi connectivity index (χ1) is 9.65. The van der Waals surface area contributed by atoms with Crippen molar-refractivity contribution in [2.24, 2.45) is 5.92 Å². The van der Waals surface area contributed by atoms with E-state index < -0.39 is 0 Å². The SMILES string of the molecule is CNc1c(CN2CCC(CCO)C2)cccc1[N+](=O)[O-]. The van der Waals surface area contributed by atoms with Gasteiger partial charge in [0, 0.05) is 32.8 Å². The maximum absolute atomic E-state index is 11.0. The summed E-state index contributed by atoms with van der Waals surface area (Å²) in [4.78, 5) is 13.0. The summed E-state index contributed by atoms with van der Waals surface area (Å²) in [5, 5.41) is 23.0. The van der Waals surface area contributed by atoms with Crippen molar-refractivity contribution in [3.05, 3.63) is 33.9 Å². The predicted molar refractivity (Wildman–Crippen MR) is 77.7 cm³/mol. The van der Waals surface area contributed by atoms with Gasteiger partial charge in [-0.05, 0) is 30.9 Å². The van der Waals surface area contributed by atoms with E-state index in [1.54, 1.807) is 13.1 Å². The first kappa shape index (κ1) is 14.7. The van der Waals surface area contributed by atoms with Crippen LogP contribution >= 0.6 is 0 Å². The van der Waals surface area contributed by atoms with Crippen LogP contribution in [0.15, 0.2) is 18.2 Å². The van der Waals surface area contributed by atoms with Crippen LogP contribution in [-0.4, -0.2) is 41.7 Å². The van der Waals surface area contributed by atoms with Gasteiger partial charge in [0.2, 0.25) is 0 Å². The van der Waals surface area contributed by atoms with E-state index in [2.05, 4.69) is 10.2 Å². The number of nitrogens with zero attached hydrogens (tertiary/aromatic N) is 2. The van der Waals surface area contributed by atoms with Crippen LogP contribution in [0.5, 0.6) is 0 Å². The fourth-order valence-electron chi connectivity index (χ4n) is 2.87. The van der Waals surface area contributed by atoms with Gasteiger partial charge in [-0.25, -0.2) is 0 Å². The van der Waals surface area contributed by atoms with Crippen molar-refractivity contribution in [1.82, 2.24) is 4.90 Å². The van der Waals surface area contributed by atoms with Crippen molar-refractivity contribution >= 4 is 11.4 Å². The average Bonchev–Trinajstić information content (AvgIpc) is 2.86. The lowest BCUT2D eigenvalue weighted by Crippen LogP contribution is -2.21. The van der Waals surface area contributed by atoms with Crippen LogP contribution in [0.3, 0.4) is 0 Å². The molecule has 1 aliphatic heterocycles. The molecule has 2 rings (SSSR count). The van der Waals surface area contributed by atoms with Gasteiger partial charge in [0.1, 0.15) is 5.69 Å². The van der Waals surface area contributed by atoms with E-state index >= 15 is 0 Å². The number of rotatable bonds is 6. The molecule has 0 radical (unpaired) electrons. The minimum atomic E-state index is -0.353. The van der Waals surface area contributed by atoms with Crippen molar-refractivity contribution in [3.63, 3.8) is 0 Å². The van der Waals surface area contributed by atoms with Crippen LogP contribution < -0.4 is 5.32 Å². The van der Waals surface area contributed by atoms with Gasteiger partial charge in [0.25, 0.3) is 5.69 Å². The van der Waals surface area contributed by atoms with E-state index in [1.165, 1.54) is 6.07 Å². The monoisotopic (exact) mass is 279 g/mol. The Labute approximate surface area is 118 Å². The quantitative estimate of drug-likeness (QED) is 0.613. The van der Waals surface area contributed by atoms with Crippen LogP contribution in [0.4, 0.5) is 11.4 Å². The van der Waals surface area contributed by atoms with Crippen molar-refractivity contribution in [1.29, 1.82) is 0 Å². The van der Waals surface area contributed by atoms with Gasteiger partial charge in [0.15, 0.2) is 0 Å². The van der Waals surface area contributed by atoms with E-state index in [1.807, 2.05) is 6.07 Å². The van der Waals surface area contributed by atoms with Gasteiger partial charge in [0.05, 0.1) is 4.92 Å². The molecule has 0 spiro atoms. The summed E-state index contributed by atoms with van der Waals surface area (Å²) in [6.45, 7) is 2.87. The Bertz CT molecular complexity index is 479. The minimum absolute atomic E-state index is 0.121. The molecule has 1 aromatic rings. The van der Waals surface area contributed by atoms with E-state index in [0.29, 0.717) is 18.2 Å². The summed E-state index contributed by atoms with van der Waals surface area (Å²) in [6.07, 6.45) is 1.93. The molecule has 2 N–H and O–H groups in total. The first-order valence-corrected chi connectivity index (χ1v) is 6.93. The standard InChI is InChI=1S/C14H21N3O3/c1-15-14-12(3-2-4-13(14)17(19)20)10-16-7-5-11(9-16)6-8-18/h2-4,11,15,18H,5-10H2,1H3. The summed E-state index contributed by atoms with van der Waals surface area (Å²) < 4.78 is 0. The van der Waals surface area contributed by atoms with Crippen molar-refractivity contribution in [2.45, 2.75) is 19.4 Å². The molecular weight excluding hydrogens is 258 g/mol. The Balaban J connectivity index is 2.10. The van der Waals surface area contributed by atoms with Gasteiger partial charge < -0.3 is 10.4 Å². The number of nitro benzene ring substituents is 1. The lowest BCUT2D eigenvalue weighted by atomic mass is 10.1. The average molecular weight is 279 g/mol. The summed E-state index contributed by atoms with van der Waals surface area (Å²) >= 11 is 0.